The maximum Gasteiger partial charge on any atom is 0.416 e. The largest absolute Gasteiger partial charge is 0.416 e. The first-order chi connectivity index (χ1) is 12.1. The minimum atomic E-state index is -4.45. The van der Waals surface area contributed by atoms with E-state index in [1.807, 2.05) is 0 Å². The Bertz CT molecular complexity index is 783. The minimum absolute atomic E-state index is 0.0594. The standard InChI is InChI=1S/C18H22F3NO3S/c19-18(20,21)15-5-3-4-14(10-15)17(7-1-2-8-17)16(23)22-11-13-6-9-26(24,25)12-13/h3-5,10,13H,1-2,6-9,11-12H2,(H,22,23)/t13-/m1/s1. The fourth-order valence-corrected chi connectivity index (χ4v) is 5.92. The molecule has 1 aromatic rings. The van der Waals surface area contributed by atoms with Crippen molar-refractivity contribution in [2.45, 2.75) is 43.7 Å². The van der Waals surface area contributed by atoms with Gasteiger partial charge < -0.3 is 5.32 Å². The quantitative estimate of drug-likeness (QED) is 0.861. The molecule has 26 heavy (non-hydrogen) atoms. The second-order valence-electron chi connectivity index (χ2n) is 7.35. The van der Waals surface area contributed by atoms with Gasteiger partial charge in [0.05, 0.1) is 22.5 Å². The van der Waals surface area contributed by atoms with Crippen LogP contribution in [0.3, 0.4) is 0 Å². The van der Waals surface area contributed by atoms with Crippen LogP contribution >= 0.6 is 0 Å². The lowest BCUT2D eigenvalue weighted by atomic mass is 9.77. The summed E-state index contributed by atoms with van der Waals surface area (Å²) in [6.45, 7) is 0.249. The van der Waals surface area contributed by atoms with Crippen LogP contribution in [-0.2, 0) is 26.2 Å². The SMILES string of the molecule is O=C(NC[C@H]1CCS(=O)(=O)C1)C1(c2cccc(C(F)(F)F)c2)CCCC1. The van der Waals surface area contributed by atoms with Crippen molar-refractivity contribution in [2.24, 2.45) is 5.92 Å². The van der Waals surface area contributed by atoms with Gasteiger partial charge in [0.1, 0.15) is 0 Å². The fourth-order valence-electron chi connectivity index (χ4n) is 4.06. The molecule has 1 aliphatic heterocycles. The van der Waals surface area contributed by atoms with Crippen LogP contribution in [0.25, 0.3) is 0 Å². The van der Waals surface area contributed by atoms with Crippen LogP contribution in [0, 0.1) is 5.92 Å². The topological polar surface area (TPSA) is 63.2 Å². The number of hydrogen-bond acceptors (Lipinski definition) is 3. The molecule has 0 aromatic heterocycles. The third-order valence-electron chi connectivity index (χ3n) is 5.51. The number of nitrogens with one attached hydrogen (secondary N) is 1. The van der Waals surface area contributed by atoms with E-state index < -0.39 is 27.0 Å². The molecule has 144 valence electrons. The van der Waals surface area contributed by atoms with E-state index in [4.69, 9.17) is 0 Å². The number of amides is 1. The van der Waals surface area contributed by atoms with Gasteiger partial charge in [0.15, 0.2) is 9.84 Å². The van der Waals surface area contributed by atoms with E-state index >= 15 is 0 Å². The normalized spacial score (nSPS) is 24.5. The van der Waals surface area contributed by atoms with E-state index in [9.17, 15) is 26.4 Å². The van der Waals surface area contributed by atoms with Crippen LogP contribution < -0.4 is 5.32 Å². The Kier molecular flexibility index (Phi) is 5.07. The molecule has 0 spiro atoms. The summed E-state index contributed by atoms with van der Waals surface area (Å²) in [4.78, 5) is 12.9. The van der Waals surface area contributed by atoms with E-state index in [0.29, 0.717) is 24.8 Å². The van der Waals surface area contributed by atoms with E-state index in [0.717, 1.165) is 25.0 Å². The average Bonchev–Trinajstić information content (AvgIpc) is 3.19. The molecule has 0 bridgehead atoms. The molecule has 4 nitrogen and oxygen atoms in total. The first kappa shape index (κ1) is 19.2. The molecule has 1 saturated heterocycles. The van der Waals surface area contributed by atoms with Crippen LogP contribution in [0.5, 0.6) is 0 Å². The molecule has 3 rings (SSSR count). The van der Waals surface area contributed by atoms with Gasteiger partial charge in [-0.3, -0.25) is 4.79 Å². The predicted octanol–water partition coefficient (Wildman–Crippen LogP) is 3.07. The number of hydrogen-bond donors (Lipinski definition) is 1. The molecule has 1 aliphatic carbocycles. The van der Waals surface area contributed by atoms with Crippen molar-refractivity contribution in [2.75, 3.05) is 18.1 Å². The summed E-state index contributed by atoms with van der Waals surface area (Å²) in [5.74, 6) is -0.224. The molecule has 0 radical (unpaired) electrons. The summed E-state index contributed by atoms with van der Waals surface area (Å²) in [5, 5.41) is 2.82. The van der Waals surface area contributed by atoms with Gasteiger partial charge >= 0.3 is 6.18 Å². The number of halogens is 3. The number of carbonyl (C=O) groups is 1. The van der Waals surface area contributed by atoms with E-state index in [1.165, 1.54) is 6.07 Å². The highest BCUT2D eigenvalue weighted by Gasteiger charge is 2.44. The Balaban J connectivity index is 1.78. The number of carbonyl (C=O) groups excluding carboxylic acids is 1. The number of benzene rings is 1. The molecule has 1 N–H and O–H groups in total. The molecule has 2 fully saturated rings. The molecule has 1 amide bonds. The molecule has 1 saturated carbocycles. The Hall–Kier alpha value is -1.57. The van der Waals surface area contributed by atoms with Crippen LogP contribution in [0.15, 0.2) is 24.3 Å². The summed E-state index contributed by atoms with van der Waals surface area (Å²) in [7, 11) is -3.03. The molecule has 1 heterocycles. The number of alkyl halides is 3. The zero-order valence-electron chi connectivity index (χ0n) is 14.3. The molecule has 1 atom stereocenters. The molecular formula is C18H22F3NO3S. The highest BCUT2D eigenvalue weighted by atomic mass is 32.2. The molecule has 1 aromatic carbocycles. The number of rotatable bonds is 4. The lowest BCUT2D eigenvalue weighted by molar-refractivity contribution is -0.138. The Morgan fingerprint density at radius 2 is 1.92 bits per heavy atom. The van der Waals surface area contributed by atoms with Crippen molar-refractivity contribution in [1.82, 2.24) is 5.32 Å². The minimum Gasteiger partial charge on any atom is -0.355 e. The van der Waals surface area contributed by atoms with Crippen LogP contribution in [0.4, 0.5) is 13.2 Å². The highest BCUT2D eigenvalue weighted by molar-refractivity contribution is 7.91. The molecular weight excluding hydrogens is 367 g/mol. The first-order valence-electron chi connectivity index (χ1n) is 8.79. The second-order valence-corrected chi connectivity index (χ2v) is 9.58. The van der Waals surface area contributed by atoms with E-state index in [-0.39, 0.29) is 29.9 Å². The van der Waals surface area contributed by atoms with Crippen molar-refractivity contribution < 1.29 is 26.4 Å². The van der Waals surface area contributed by atoms with Crippen molar-refractivity contribution in [3.05, 3.63) is 35.4 Å². The van der Waals surface area contributed by atoms with Gasteiger partial charge in [-0.05, 0) is 36.8 Å². The zero-order valence-corrected chi connectivity index (χ0v) is 15.1. The summed E-state index contributed by atoms with van der Waals surface area (Å²) in [6.07, 6.45) is -1.38. The van der Waals surface area contributed by atoms with Crippen molar-refractivity contribution >= 4 is 15.7 Å². The zero-order chi connectivity index (χ0) is 19.0. The van der Waals surface area contributed by atoms with Gasteiger partial charge in [0, 0.05) is 6.54 Å². The van der Waals surface area contributed by atoms with Gasteiger partial charge in [-0.15, -0.1) is 0 Å². The summed E-state index contributed by atoms with van der Waals surface area (Å²) >= 11 is 0. The lowest BCUT2D eigenvalue weighted by Crippen LogP contribution is -2.44. The predicted molar refractivity (Wildman–Crippen MR) is 91.4 cm³/mol. The van der Waals surface area contributed by atoms with Crippen molar-refractivity contribution in [1.29, 1.82) is 0 Å². The molecule has 2 aliphatic rings. The summed E-state index contributed by atoms with van der Waals surface area (Å²) < 4.78 is 62.2. The van der Waals surface area contributed by atoms with Crippen molar-refractivity contribution in [3.63, 3.8) is 0 Å². The molecule has 8 heteroatoms. The Morgan fingerprint density at radius 3 is 2.50 bits per heavy atom. The van der Waals surface area contributed by atoms with Crippen LogP contribution in [-0.4, -0.2) is 32.4 Å². The maximum absolute atomic E-state index is 13.0. The first-order valence-corrected chi connectivity index (χ1v) is 10.6. The maximum atomic E-state index is 13.0. The smallest absolute Gasteiger partial charge is 0.355 e. The lowest BCUT2D eigenvalue weighted by Gasteiger charge is -2.29. The Labute approximate surface area is 151 Å². The van der Waals surface area contributed by atoms with Gasteiger partial charge in [-0.25, -0.2) is 8.42 Å². The Morgan fingerprint density at radius 1 is 1.23 bits per heavy atom. The van der Waals surface area contributed by atoms with Gasteiger partial charge in [-0.1, -0.05) is 31.0 Å². The van der Waals surface area contributed by atoms with Crippen LogP contribution in [0.1, 0.15) is 43.2 Å². The van der Waals surface area contributed by atoms with Gasteiger partial charge in [0.25, 0.3) is 0 Å². The van der Waals surface area contributed by atoms with E-state index in [1.54, 1.807) is 6.07 Å². The van der Waals surface area contributed by atoms with E-state index in [2.05, 4.69) is 5.32 Å². The highest BCUT2D eigenvalue weighted by Crippen LogP contribution is 2.43. The summed E-state index contributed by atoms with van der Waals surface area (Å²) in [5.41, 5.74) is -1.32. The average molecular weight is 389 g/mol. The third-order valence-corrected chi connectivity index (χ3v) is 7.35. The summed E-state index contributed by atoms with van der Waals surface area (Å²) in [6, 6.07) is 5.01. The fraction of sp³-hybridized carbons (Fsp3) is 0.611. The van der Waals surface area contributed by atoms with Crippen LogP contribution in [0.2, 0.25) is 0 Å². The van der Waals surface area contributed by atoms with Gasteiger partial charge in [-0.2, -0.15) is 13.2 Å². The second kappa shape index (κ2) is 6.87. The number of sulfone groups is 1. The van der Waals surface area contributed by atoms with Crippen molar-refractivity contribution in [3.8, 4) is 0 Å². The monoisotopic (exact) mass is 389 g/mol. The van der Waals surface area contributed by atoms with Gasteiger partial charge in [0.2, 0.25) is 5.91 Å². The molecule has 0 unspecified atom stereocenters. The third kappa shape index (κ3) is 3.89.